The molecular weight excluding hydrogens is 289 g/mol. The van der Waals surface area contributed by atoms with Gasteiger partial charge in [0.1, 0.15) is 5.82 Å². The predicted octanol–water partition coefficient (Wildman–Crippen LogP) is 2.48. The van der Waals surface area contributed by atoms with E-state index in [4.69, 9.17) is 0 Å². The Morgan fingerprint density at radius 2 is 2.29 bits per heavy atom. The summed E-state index contributed by atoms with van der Waals surface area (Å²) in [6, 6.07) is 4.21. The van der Waals surface area contributed by atoms with Crippen molar-refractivity contribution >= 4 is 21.8 Å². The van der Waals surface area contributed by atoms with Gasteiger partial charge in [-0.1, -0.05) is 6.92 Å². The van der Waals surface area contributed by atoms with Crippen LogP contribution in [0.3, 0.4) is 0 Å². The molecule has 1 atom stereocenters. The number of aliphatic hydroxyl groups is 1. The molecule has 2 N–H and O–H groups in total. The van der Waals surface area contributed by atoms with Crippen LogP contribution in [-0.4, -0.2) is 23.7 Å². The Kier molecular flexibility index (Phi) is 5.58. The van der Waals surface area contributed by atoms with Crippen molar-refractivity contribution in [3.05, 3.63) is 34.1 Å². The van der Waals surface area contributed by atoms with E-state index in [1.807, 2.05) is 6.92 Å². The van der Waals surface area contributed by atoms with E-state index < -0.39 is 11.9 Å². The lowest BCUT2D eigenvalue weighted by molar-refractivity contribution is 0.0941. The average molecular weight is 304 g/mol. The Hall–Kier alpha value is -0.940. The van der Waals surface area contributed by atoms with Crippen LogP contribution in [0.2, 0.25) is 0 Å². The highest BCUT2D eigenvalue weighted by Crippen LogP contribution is 2.16. The predicted molar refractivity (Wildman–Crippen MR) is 67.3 cm³/mol. The van der Waals surface area contributed by atoms with Crippen molar-refractivity contribution in [3.63, 3.8) is 0 Å². The second kappa shape index (κ2) is 6.71. The van der Waals surface area contributed by atoms with Crippen molar-refractivity contribution in [2.24, 2.45) is 0 Å². The number of carbonyl (C=O) groups is 1. The molecule has 0 saturated heterocycles. The van der Waals surface area contributed by atoms with Crippen LogP contribution in [0.1, 0.15) is 30.1 Å². The third-order valence-corrected chi connectivity index (χ3v) is 3.06. The normalized spacial score (nSPS) is 12.2. The number of hydrogen-bond donors (Lipinski definition) is 2. The van der Waals surface area contributed by atoms with Crippen LogP contribution in [0.4, 0.5) is 4.39 Å². The van der Waals surface area contributed by atoms with Crippen molar-refractivity contribution < 1.29 is 14.3 Å². The zero-order chi connectivity index (χ0) is 12.8. The first-order valence-electron chi connectivity index (χ1n) is 5.46. The lowest BCUT2D eigenvalue weighted by Gasteiger charge is -2.09. The standard InChI is InChI=1S/C12H15BrFNO2/c1-2-9(16)5-6-15-12(17)8-3-4-10(13)11(14)7-8/h3-4,7,9,16H,2,5-6H2,1H3,(H,15,17). The molecule has 1 rings (SSSR count). The number of benzene rings is 1. The van der Waals surface area contributed by atoms with Crippen molar-refractivity contribution in [1.29, 1.82) is 0 Å². The molecule has 0 aliphatic rings. The zero-order valence-corrected chi connectivity index (χ0v) is 11.1. The minimum Gasteiger partial charge on any atom is -0.393 e. The highest BCUT2D eigenvalue weighted by molar-refractivity contribution is 9.10. The van der Waals surface area contributed by atoms with Gasteiger partial charge in [-0.3, -0.25) is 4.79 Å². The highest BCUT2D eigenvalue weighted by atomic mass is 79.9. The SMILES string of the molecule is CCC(O)CCNC(=O)c1ccc(Br)c(F)c1. The minimum absolute atomic E-state index is 0.275. The Balaban J connectivity index is 2.50. The fourth-order valence-electron chi connectivity index (χ4n) is 1.30. The van der Waals surface area contributed by atoms with Gasteiger partial charge in [0.25, 0.3) is 5.91 Å². The summed E-state index contributed by atoms with van der Waals surface area (Å²) in [5.74, 6) is -0.800. The maximum absolute atomic E-state index is 13.2. The summed E-state index contributed by atoms with van der Waals surface area (Å²) in [5.41, 5.74) is 0.275. The number of halogens is 2. The van der Waals surface area contributed by atoms with Crippen molar-refractivity contribution in [3.8, 4) is 0 Å². The lowest BCUT2D eigenvalue weighted by Crippen LogP contribution is -2.27. The van der Waals surface area contributed by atoms with Crippen LogP contribution in [0.15, 0.2) is 22.7 Å². The maximum atomic E-state index is 13.2. The quantitative estimate of drug-likeness (QED) is 0.878. The summed E-state index contributed by atoms with van der Waals surface area (Å²) in [6.07, 6.45) is 0.751. The summed E-state index contributed by atoms with van der Waals surface area (Å²) >= 11 is 3.02. The summed E-state index contributed by atoms with van der Waals surface area (Å²) < 4.78 is 13.5. The molecule has 17 heavy (non-hydrogen) atoms. The molecule has 1 aromatic rings. The van der Waals surface area contributed by atoms with Crippen LogP contribution >= 0.6 is 15.9 Å². The van der Waals surface area contributed by atoms with Crippen molar-refractivity contribution in [1.82, 2.24) is 5.32 Å². The van der Waals surface area contributed by atoms with E-state index in [0.717, 1.165) is 0 Å². The third-order valence-electron chi connectivity index (χ3n) is 2.42. The molecule has 1 amide bonds. The van der Waals surface area contributed by atoms with E-state index in [1.54, 1.807) is 6.07 Å². The summed E-state index contributed by atoms with van der Waals surface area (Å²) in [4.78, 5) is 11.6. The number of amides is 1. The smallest absolute Gasteiger partial charge is 0.251 e. The first-order chi connectivity index (χ1) is 8.04. The number of carbonyl (C=O) groups excluding carboxylic acids is 1. The molecule has 5 heteroatoms. The van der Waals surface area contributed by atoms with Gasteiger partial charge in [0, 0.05) is 12.1 Å². The van der Waals surface area contributed by atoms with E-state index >= 15 is 0 Å². The van der Waals surface area contributed by atoms with Crippen LogP contribution < -0.4 is 5.32 Å². The fourth-order valence-corrected chi connectivity index (χ4v) is 1.54. The molecule has 0 spiro atoms. The van der Waals surface area contributed by atoms with E-state index in [1.165, 1.54) is 12.1 Å². The Morgan fingerprint density at radius 1 is 1.59 bits per heavy atom. The molecule has 0 bridgehead atoms. The molecule has 1 aromatic carbocycles. The van der Waals surface area contributed by atoms with Gasteiger partial charge in [-0.25, -0.2) is 4.39 Å². The summed E-state index contributed by atoms with van der Waals surface area (Å²) in [6.45, 7) is 2.25. The molecule has 1 unspecified atom stereocenters. The molecule has 3 nitrogen and oxygen atoms in total. The second-order valence-corrected chi connectivity index (χ2v) is 4.59. The lowest BCUT2D eigenvalue weighted by atomic mass is 10.2. The van der Waals surface area contributed by atoms with Crippen LogP contribution in [-0.2, 0) is 0 Å². The van der Waals surface area contributed by atoms with Crippen LogP contribution in [0.5, 0.6) is 0 Å². The first kappa shape index (κ1) is 14.1. The van der Waals surface area contributed by atoms with Crippen molar-refractivity contribution in [2.75, 3.05) is 6.54 Å². The minimum atomic E-state index is -0.466. The molecule has 0 aromatic heterocycles. The number of rotatable bonds is 5. The topological polar surface area (TPSA) is 49.3 Å². The van der Waals surface area contributed by atoms with Gasteiger partial charge in [0.2, 0.25) is 0 Å². The highest BCUT2D eigenvalue weighted by Gasteiger charge is 2.08. The number of aliphatic hydroxyl groups excluding tert-OH is 1. The molecule has 0 saturated carbocycles. The summed E-state index contributed by atoms with van der Waals surface area (Å²) in [5, 5.41) is 11.9. The van der Waals surface area contributed by atoms with Gasteiger partial charge in [0.05, 0.1) is 10.6 Å². The second-order valence-electron chi connectivity index (χ2n) is 3.74. The maximum Gasteiger partial charge on any atom is 0.251 e. The van der Waals surface area contributed by atoms with Crippen molar-refractivity contribution in [2.45, 2.75) is 25.9 Å². The van der Waals surface area contributed by atoms with Crippen LogP contribution in [0.25, 0.3) is 0 Å². The average Bonchev–Trinajstić information content (AvgIpc) is 2.32. The Bertz CT molecular complexity index is 398. The monoisotopic (exact) mass is 303 g/mol. The van der Waals surface area contributed by atoms with E-state index in [2.05, 4.69) is 21.2 Å². The molecule has 0 fully saturated rings. The number of nitrogens with one attached hydrogen (secondary N) is 1. The number of hydrogen-bond acceptors (Lipinski definition) is 2. The Morgan fingerprint density at radius 3 is 2.88 bits per heavy atom. The van der Waals surface area contributed by atoms with Crippen LogP contribution in [0, 0.1) is 5.82 Å². The van der Waals surface area contributed by atoms with E-state index in [0.29, 0.717) is 23.9 Å². The van der Waals surface area contributed by atoms with Gasteiger partial charge in [-0.15, -0.1) is 0 Å². The fraction of sp³-hybridized carbons (Fsp3) is 0.417. The molecular formula is C12H15BrFNO2. The van der Waals surface area contributed by atoms with Gasteiger partial charge < -0.3 is 10.4 Å². The van der Waals surface area contributed by atoms with E-state index in [9.17, 15) is 14.3 Å². The van der Waals surface area contributed by atoms with Gasteiger partial charge in [0.15, 0.2) is 0 Å². The van der Waals surface area contributed by atoms with Gasteiger partial charge in [-0.05, 0) is 47.0 Å². The van der Waals surface area contributed by atoms with Gasteiger partial charge >= 0.3 is 0 Å². The van der Waals surface area contributed by atoms with E-state index in [-0.39, 0.29) is 11.5 Å². The Labute approximate surface area is 108 Å². The third kappa shape index (κ3) is 4.44. The molecule has 0 radical (unpaired) electrons. The van der Waals surface area contributed by atoms with Gasteiger partial charge in [-0.2, -0.15) is 0 Å². The molecule has 0 aliphatic carbocycles. The molecule has 0 aliphatic heterocycles. The largest absolute Gasteiger partial charge is 0.393 e. The molecule has 94 valence electrons. The molecule has 0 heterocycles. The first-order valence-corrected chi connectivity index (χ1v) is 6.25. The zero-order valence-electron chi connectivity index (χ0n) is 9.54. The summed E-state index contributed by atoms with van der Waals surface area (Å²) in [7, 11) is 0.